The van der Waals surface area contributed by atoms with Gasteiger partial charge in [-0.3, -0.25) is 4.90 Å². The second kappa shape index (κ2) is 5.82. The number of nitrogens with zero attached hydrogens (tertiary/aromatic N) is 5. The number of anilines is 1. The summed E-state index contributed by atoms with van der Waals surface area (Å²) in [6, 6.07) is 1.61. The summed E-state index contributed by atoms with van der Waals surface area (Å²) < 4.78 is 24.5. The van der Waals surface area contributed by atoms with Crippen LogP contribution in [0, 0.1) is 6.92 Å². The molecule has 128 valence electrons. The molecule has 2 aromatic rings. The van der Waals surface area contributed by atoms with E-state index in [1.165, 1.54) is 0 Å². The standard InChI is InChI=1S/C15H20N6O2S/c1-11-12(19-10-18-11)7-20-5-6-21(15-16-3-2-4-17-15)14-9-24(22,23)8-13(14)20/h2-4,10,13-14H,5-9H2,1H3,(H,18,19). The molecule has 0 saturated carbocycles. The van der Waals surface area contributed by atoms with Crippen LogP contribution in [0.25, 0.3) is 0 Å². The lowest BCUT2D eigenvalue weighted by molar-refractivity contribution is 0.157. The van der Waals surface area contributed by atoms with E-state index < -0.39 is 9.84 Å². The summed E-state index contributed by atoms with van der Waals surface area (Å²) in [6.45, 7) is 4.13. The van der Waals surface area contributed by atoms with Gasteiger partial charge in [0.05, 0.1) is 29.6 Å². The first kappa shape index (κ1) is 15.5. The number of hydrogen-bond donors (Lipinski definition) is 1. The summed E-state index contributed by atoms with van der Waals surface area (Å²) >= 11 is 0. The van der Waals surface area contributed by atoms with Crippen molar-refractivity contribution in [3.05, 3.63) is 36.2 Å². The monoisotopic (exact) mass is 348 g/mol. The fourth-order valence-corrected chi connectivity index (χ4v) is 5.66. The van der Waals surface area contributed by atoms with Crippen LogP contribution in [0.2, 0.25) is 0 Å². The molecule has 2 unspecified atom stereocenters. The number of imidazole rings is 1. The zero-order chi connectivity index (χ0) is 16.7. The van der Waals surface area contributed by atoms with E-state index in [9.17, 15) is 8.42 Å². The van der Waals surface area contributed by atoms with Gasteiger partial charge in [0, 0.05) is 43.8 Å². The van der Waals surface area contributed by atoms with Gasteiger partial charge < -0.3 is 9.88 Å². The van der Waals surface area contributed by atoms with Gasteiger partial charge in [-0.25, -0.2) is 23.4 Å². The molecular weight excluding hydrogens is 328 g/mol. The molecule has 0 bridgehead atoms. The maximum atomic E-state index is 12.3. The molecule has 0 aromatic carbocycles. The summed E-state index contributed by atoms with van der Waals surface area (Å²) in [5.74, 6) is 0.955. The first-order valence-electron chi connectivity index (χ1n) is 8.00. The highest BCUT2D eigenvalue weighted by molar-refractivity contribution is 7.91. The second-order valence-electron chi connectivity index (χ2n) is 6.40. The third-order valence-electron chi connectivity index (χ3n) is 4.89. The van der Waals surface area contributed by atoms with Gasteiger partial charge in [-0.15, -0.1) is 0 Å². The van der Waals surface area contributed by atoms with Crippen LogP contribution >= 0.6 is 0 Å². The molecule has 0 amide bonds. The minimum absolute atomic E-state index is 0.0522. The van der Waals surface area contributed by atoms with E-state index in [1.54, 1.807) is 24.8 Å². The maximum absolute atomic E-state index is 12.3. The van der Waals surface area contributed by atoms with Gasteiger partial charge in [0.2, 0.25) is 5.95 Å². The highest BCUT2D eigenvalue weighted by Gasteiger charge is 2.47. The third-order valence-corrected chi connectivity index (χ3v) is 6.59. The van der Waals surface area contributed by atoms with E-state index in [2.05, 4.69) is 24.8 Å². The molecule has 4 heterocycles. The van der Waals surface area contributed by atoms with Crippen molar-refractivity contribution in [3.8, 4) is 0 Å². The lowest BCUT2D eigenvalue weighted by Gasteiger charge is -2.43. The average molecular weight is 348 g/mol. The largest absolute Gasteiger partial charge is 0.348 e. The molecular formula is C15H20N6O2S. The Labute approximate surface area is 140 Å². The fraction of sp³-hybridized carbons (Fsp3) is 0.533. The molecule has 0 aliphatic carbocycles. The third kappa shape index (κ3) is 2.78. The van der Waals surface area contributed by atoms with Gasteiger partial charge in [-0.2, -0.15) is 0 Å². The van der Waals surface area contributed by atoms with Crippen molar-refractivity contribution in [1.29, 1.82) is 0 Å². The summed E-state index contributed by atoms with van der Waals surface area (Å²) in [5.41, 5.74) is 2.00. The van der Waals surface area contributed by atoms with E-state index in [0.717, 1.165) is 17.9 Å². The molecule has 1 N–H and O–H groups in total. The topological polar surface area (TPSA) is 95.1 Å². The molecule has 9 heteroatoms. The van der Waals surface area contributed by atoms with E-state index >= 15 is 0 Å². The number of H-pyrrole nitrogens is 1. The zero-order valence-electron chi connectivity index (χ0n) is 13.5. The SMILES string of the molecule is Cc1[nH]cnc1CN1CCN(c2ncccn2)C2CS(=O)(=O)CC21. The Bertz CT molecular complexity index is 821. The Hall–Kier alpha value is -2.00. The summed E-state index contributed by atoms with van der Waals surface area (Å²) in [5, 5.41) is 0. The average Bonchev–Trinajstić information content (AvgIpc) is 3.11. The van der Waals surface area contributed by atoms with Crippen LogP contribution in [0.3, 0.4) is 0 Å². The minimum Gasteiger partial charge on any atom is -0.348 e. The van der Waals surface area contributed by atoms with Gasteiger partial charge in [-0.1, -0.05) is 0 Å². The highest BCUT2D eigenvalue weighted by Crippen LogP contribution is 2.30. The van der Waals surface area contributed by atoms with Crippen molar-refractivity contribution in [1.82, 2.24) is 24.8 Å². The molecule has 8 nitrogen and oxygen atoms in total. The van der Waals surface area contributed by atoms with Crippen molar-refractivity contribution >= 4 is 15.8 Å². The van der Waals surface area contributed by atoms with Crippen LogP contribution in [0.5, 0.6) is 0 Å². The van der Waals surface area contributed by atoms with Crippen molar-refractivity contribution in [3.63, 3.8) is 0 Å². The Morgan fingerprint density at radius 1 is 1.17 bits per heavy atom. The number of aromatic nitrogens is 4. The summed E-state index contributed by atoms with van der Waals surface area (Å²) in [6.07, 6.45) is 5.07. The van der Waals surface area contributed by atoms with Crippen LogP contribution in [-0.4, -0.2) is 69.9 Å². The van der Waals surface area contributed by atoms with Gasteiger partial charge >= 0.3 is 0 Å². The van der Waals surface area contributed by atoms with Crippen molar-refractivity contribution in [2.45, 2.75) is 25.6 Å². The van der Waals surface area contributed by atoms with Gasteiger partial charge in [0.25, 0.3) is 0 Å². The number of rotatable bonds is 3. The number of piperazine rings is 1. The Balaban J connectivity index is 1.62. The fourth-order valence-electron chi connectivity index (χ4n) is 3.65. The van der Waals surface area contributed by atoms with Crippen molar-refractivity contribution in [2.75, 3.05) is 29.5 Å². The van der Waals surface area contributed by atoms with Gasteiger partial charge in [0.15, 0.2) is 9.84 Å². The number of fused-ring (bicyclic) bond motifs is 1. The first-order chi connectivity index (χ1) is 11.5. The lowest BCUT2D eigenvalue weighted by atomic mass is 10.0. The van der Waals surface area contributed by atoms with Crippen LogP contribution in [-0.2, 0) is 16.4 Å². The lowest BCUT2D eigenvalue weighted by Crippen LogP contribution is -2.59. The van der Waals surface area contributed by atoms with Crippen LogP contribution in [0.4, 0.5) is 5.95 Å². The van der Waals surface area contributed by atoms with Crippen LogP contribution in [0.15, 0.2) is 24.8 Å². The quantitative estimate of drug-likeness (QED) is 0.834. The number of aromatic amines is 1. The molecule has 4 rings (SSSR count). The molecule has 2 fully saturated rings. The molecule has 24 heavy (non-hydrogen) atoms. The van der Waals surface area contributed by atoms with Crippen molar-refractivity contribution in [2.24, 2.45) is 0 Å². The highest BCUT2D eigenvalue weighted by atomic mass is 32.2. The van der Waals surface area contributed by atoms with Gasteiger partial charge in [-0.05, 0) is 13.0 Å². The van der Waals surface area contributed by atoms with Crippen molar-refractivity contribution < 1.29 is 8.42 Å². The van der Waals surface area contributed by atoms with E-state index in [1.807, 2.05) is 11.8 Å². The van der Waals surface area contributed by atoms with E-state index in [4.69, 9.17) is 0 Å². The molecule has 2 aliphatic heterocycles. The predicted octanol–water partition coefficient (Wildman–Crippen LogP) is -0.00408. The molecule has 2 aliphatic rings. The Morgan fingerprint density at radius 3 is 2.62 bits per heavy atom. The Morgan fingerprint density at radius 2 is 1.92 bits per heavy atom. The normalized spacial score (nSPS) is 26.5. The molecule has 0 spiro atoms. The number of hydrogen-bond acceptors (Lipinski definition) is 7. The van der Waals surface area contributed by atoms with Crippen LogP contribution < -0.4 is 4.90 Å². The predicted molar refractivity (Wildman–Crippen MR) is 89.3 cm³/mol. The second-order valence-corrected chi connectivity index (χ2v) is 8.55. The molecule has 2 aromatic heterocycles. The number of sulfone groups is 1. The molecule has 0 radical (unpaired) electrons. The Kier molecular flexibility index (Phi) is 3.76. The maximum Gasteiger partial charge on any atom is 0.225 e. The van der Waals surface area contributed by atoms with Crippen LogP contribution in [0.1, 0.15) is 11.4 Å². The zero-order valence-corrected chi connectivity index (χ0v) is 14.3. The van der Waals surface area contributed by atoms with E-state index in [0.29, 0.717) is 19.0 Å². The molecule has 2 atom stereocenters. The minimum atomic E-state index is -3.06. The summed E-state index contributed by atoms with van der Waals surface area (Å²) in [7, 11) is -3.06. The van der Waals surface area contributed by atoms with E-state index in [-0.39, 0.29) is 23.6 Å². The summed E-state index contributed by atoms with van der Waals surface area (Å²) in [4.78, 5) is 20.3. The first-order valence-corrected chi connectivity index (χ1v) is 9.82. The van der Waals surface area contributed by atoms with Gasteiger partial charge in [0.1, 0.15) is 0 Å². The smallest absolute Gasteiger partial charge is 0.225 e. The number of nitrogens with one attached hydrogen (secondary N) is 1. The number of aryl methyl sites for hydroxylation is 1. The molecule has 2 saturated heterocycles.